The van der Waals surface area contributed by atoms with E-state index in [1.807, 2.05) is 18.2 Å². The Labute approximate surface area is 116 Å². The highest BCUT2D eigenvalue weighted by atomic mass is 16.5. The van der Waals surface area contributed by atoms with Gasteiger partial charge in [-0.1, -0.05) is 6.07 Å². The number of fused-ring (bicyclic) bond motifs is 3. The molecular weight excluding hydrogens is 256 g/mol. The fourth-order valence-corrected chi connectivity index (χ4v) is 3.61. The van der Waals surface area contributed by atoms with Gasteiger partial charge in [0.2, 0.25) is 0 Å². The first-order valence-corrected chi connectivity index (χ1v) is 7.06. The van der Waals surface area contributed by atoms with Gasteiger partial charge in [0.25, 0.3) is 11.8 Å². The third-order valence-corrected chi connectivity index (χ3v) is 4.57. The molecule has 3 aliphatic rings. The molecular formula is C15H16N2O3. The number of hydrogen-bond donors (Lipinski definition) is 1. The molecule has 1 aromatic carbocycles. The Bertz CT molecular complexity index is 591. The number of carbonyl (C=O) groups is 2. The average molecular weight is 272 g/mol. The predicted octanol–water partition coefficient (Wildman–Crippen LogP) is 1.17. The predicted molar refractivity (Wildman–Crippen MR) is 71.7 cm³/mol. The zero-order valence-corrected chi connectivity index (χ0v) is 11.0. The van der Waals surface area contributed by atoms with Crippen LogP contribution in [0.15, 0.2) is 18.2 Å². The molecule has 5 nitrogen and oxygen atoms in total. The number of hydrogen-bond acceptors (Lipinski definition) is 4. The molecule has 2 saturated heterocycles. The van der Waals surface area contributed by atoms with Gasteiger partial charge in [-0.2, -0.15) is 0 Å². The molecule has 0 aromatic heterocycles. The third-order valence-electron chi connectivity index (χ3n) is 4.57. The van der Waals surface area contributed by atoms with Gasteiger partial charge in [-0.3, -0.25) is 14.5 Å². The van der Waals surface area contributed by atoms with Crippen LogP contribution in [0.2, 0.25) is 0 Å². The molecule has 3 unspecified atom stereocenters. The summed E-state index contributed by atoms with van der Waals surface area (Å²) in [6.07, 6.45) is 2.12. The van der Waals surface area contributed by atoms with Crippen LogP contribution in [0.3, 0.4) is 0 Å². The van der Waals surface area contributed by atoms with Crippen molar-refractivity contribution in [3.05, 3.63) is 29.3 Å². The normalized spacial score (nSPS) is 31.8. The van der Waals surface area contributed by atoms with E-state index in [1.165, 1.54) is 4.90 Å². The second-order valence-corrected chi connectivity index (χ2v) is 5.75. The molecule has 0 radical (unpaired) electrons. The van der Waals surface area contributed by atoms with E-state index in [2.05, 4.69) is 0 Å². The molecule has 2 N–H and O–H groups in total. The maximum atomic E-state index is 12.4. The summed E-state index contributed by atoms with van der Waals surface area (Å²) in [5, 5.41) is 0. The minimum absolute atomic E-state index is 0.141. The number of aryl methyl sites for hydroxylation is 1. The zero-order valence-electron chi connectivity index (χ0n) is 11.0. The number of rotatable bonds is 1. The summed E-state index contributed by atoms with van der Waals surface area (Å²) in [4.78, 5) is 26.3. The van der Waals surface area contributed by atoms with Crippen molar-refractivity contribution in [2.45, 2.75) is 43.9 Å². The number of nitrogens with two attached hydrogens (primary N) is 1. The van der Waals surface area contributed by atoms with Crippen molar-refractivity contribution < 1.29 is 14.3 Å². The van der Waals surface area contributed by atoms with Crippen molar-refractivity contribution in [1.29, 1.82) is 0 Å². The lowest BCUT2D eigenvalue weighted by molar-refractivity contribution is -0.171. The van der Waals surface area contributed by atoms with Gasteiger partial charge in [0.15, 0.2) is 0 Å². The highest BCUT2D eigenvalue weighted by Gasteiger charge is 2.49. The van der Waals surface area contributed by atoms with Crippen LogP contribution in [-0.4, -0.2) is 28.9 Å². The summed E-state index contributed by atoms with van der Waals surface area (Å²) in [5.41, 5.74) is 8.73. The Kier molecular flexibility index (Phi) is 2.41. The lowest BCUT2D eigenvalue weighted by Gasteiger charge is -2.34. The Morgan fingerprint density at radius 1 is 1.10 bits per heavy atom. The minimum Gasteiger partial charge on any atom is -0.399 e. The van der Waals surface area contributed by atoms with Crippen LogP contribution in [-0.2, 0) is 20.7 Å². The second kappa shape index (κ2) is 4.06. The fourth-order valence-electron chi connectivity index (χ4n) is 3.61. The lowest BCUT2D eigenvalue weighted by atomic mass is 10.0. The Morgan fingerprint density at radius 3 is 2.50 bits per heavy atom. The van der Waals surface area contributed by atoms with E-state index in [1.54, 1.807) is 0 Å². The number of nitrogens with zero attached hydrogens (tertiary/aromatic N) is 1. The maximum Gasteiger partial charge on any atom is 0.258 e. The van der Waals surface area contributed by atoms with E-state index in [0.29, 0.717) is 12.8 Å². The number of amides is 2. The topological polar surface area (TPSA) is 72.6 Å². The van der Waals surface area contributed by atoms with E-state index in [0.717, 1.165) is 29.7 Å². The largest absolute Gasteiger partial charge is 0.399 e. The van der Waals surface area contributed by atoms with Gasteiger partial charge in [-0.25, -0.2) is 0 Å². The van der Waals surface area contributed by atoms with E-state index in [-0.39, 0.29) is 17.9 Å². The van der Waals surface area contributed by atoms with Gasteiger partial charge in [-0.05, 0) is 48.9 Å². The molecule has 0 spiro atoms. The Hall–Kier alpha value is -1.88. The first-order chi connectivity index (χ1) is 9.65. The summed E-state index contributed by atoms with van der Waals surface area (Å²) >= 11 is 0. The van der Waals surface area contributed by atoms with E-state index >= 15 is 0 Å². The molecule has 5 heteroatoms. The highest BCUT2D eigenvalue weighted by Crippen LogP contribution is 2.41. The molecule has 2 heterocycles. The molecule has 2 amide bonds. The quantitative estimate of drug-likeness (QED) is 0.615. The summed E-state index contributed by atoms with van der Waals surface area (Å²) in [6, 6.07) is 5.58. The first-order valence-electron chi connectivity index (χ1n) is 7.06. The zero-order chi connectivity index (χ0) is 13.9. The summed E-state index contributed by atoms with van der Waals surface area (Å²) in [7, 11) is 0. The number of morpholine rings is 1. The van der Waals surface area contributed by atoms with Gasteiger partial charge in [-0.15, -0.1) is 0 Å². The Morgan fingerprint density at radius 2 is 1.80 bits per heavy atom. The number of anilines is 1. The molecule has 0 saturated carbocycles. The SMILES string of the molecule is Nc1ccc2c(c1)CCC2N1C(=O)C2CCC(O2)C1=O. The number of likely N-dealkylation sites (tertiary alicyclic amines) is 1. The summed E-state index contributed by atoms with van der Waals surface area (Å²) in [5.74, 6) is -0.336. The maximum absolute atomic E-state index is 12.4. The number of nitrogen functional groups attached to an aromatic ring is 1. The van der Waals surface area contributed by atoms with Crippen molar-refractivity contribution >= 4 is 17.5 Å². The van der Waals surface area contributed by atoms with Crippen molar-refractivity contribution in [2.75, 3.05) is 5.73 Å². The van der Waals surface area contributed by atoms with Gasteiger partial charge in [0, 0.05) is 5.69 Å². The van der Waals surface area contributed by atoms with Gasteiger partial charge in [0.1, 0.15) is 12.2 Å². The molecule has 1 aromatic rings. The van der Waals surface area contributed by atoms with Gasteiger partial charge >= 0.3 is 0 Å². The molecule has 20 heavy (non-hydrogen) atoms. The average Bonchev–Trinajstić information content (AvgIpc) is 3.03. The van der Waals surface area contributed by atoms with E-state index in [9.17, 15) is 9.59 Å². The molecule has 2 fully saturated rings. The lowest BCUT2D eigenvalue weighted by Crippen LogP contribution is -2.52. The van der Waals surface area contributed by atoms with Crippen LogP contribution in [0, 0.1) is 0 Å². The smallest absolute Gasteiger partial charge is 0.258 e. The van der Waals surface area contributed by atoms with Crippen LogP contribution >= 0.6 is 0 Å². The number of imide groups is 1. The van der Waals surface area contributed by atoms with E-state index in [4.69, 9.17) is 10.5 Å². The van der Waals surface area contributed by atoms with Crippen LogP contribution < -0.4 is 5.73 Å². The van der Waals surface area contributed by atoms with Crippen LogP contribution in [0.25, 0.3) is 0 Å². The van der Waals surface area contributed by atoms with Crippen molar-refractivity contribution in [2.24, 2.45) is 0 Å². The summed E-state index contributed by atoms with van der Waals surface area (Å²) < 4.78 is 5.46. The molecule has 2 bridgehead atoms. The number of ether oxygens (including phenoxy) is 1. The number of carbonyl (C=O) groups excluding carboxylic acids is 2. The highest BCUT2D eigenvalue weighted by molar-refractivity contribution is 6.03. The van der Waals surface area contributed by atoms with Crippen molar-refractivity contribution in [1.82, 2.24) is 4.90 Å². The van der Waals surface area contributed by atoms with Gasteiger partial charge < -0.3 is 10.5 Å². The monoisotopic (exact) mass is 272 g/mol. The molecule has 1 aliphatic carbocycles. The van der Waals surface area contributed by atoms with Crippen molar-refractivity contribution in [3.8, 4) is 0 Å². The Balaban J connectivity index is 1.72. The molecule has 3 atom stereocenters. The van der Waals surface area contributed by atoms with Gasteiger partial charge in [0.05, 0.1) is 6.04 Å². The van der Waals surface area contributed by atoms with Crippen LogP contribution in [0.1, 0.15) is 36.4 Å². The van der Waals surface area contributed by atoms with Crippen molar-refractivity contribution in [3.63, 3.8) is 0 Å². The fraction of sp³-hybridized carbons (Fsp3) is 0.467. The summed E-state index contributed by atoms with van der Waals surface area (Å²) in [6.45, 7) is 0. The minimum atomic E-state index is -0.421. The third kappa shape index (κ3) is 1.53. The van der Waals surface area contributed by atoms with Crippen LogP contribution in [0.4, 0.5) is 5.69 Å². The van der Waals surface area contributed by atoms with Crippen LogP contribution in [0.5, 0.6) is 0 Å². The second-order valence-electron chi connectivity index (χ2n) is 5.75. The molecule has 2 aliphatic heterocycles. The number of benzene rings is 1. The molecule has 4 rings (SSSR count). The first kappa shape index (κ1) is 11.9. The van der Waals surface area contributed by atoms with E-state index < -0.39 is 12.2 Å². The standard InChI is InChI=1S/C15H16N2O3/c16-9-2-3-10-8(7-9)1-4-11(10)17-14(18)12-5-6-13(20-12)15(17)19/h2-3,7,11-13H,1,4-6,16H2. The molecule has 104 valence electrons.